The average Bonchev–Trinajstić information content (AvgIpc) is 2.55. The Bertz CT molecular complexity index is 684. The lowest BCUT2D eigenvalue weighted by Gasteiger charge is -2.23. The van der Waals surface area contributed by atoms with Gasteiger partial charge >= 0.3 is 6.03 Å². The number of hydrogen-bond acceptors (Lipinski definition) is 3. The first-order chi connectivity index (χ1) is 11.4. The summed E-state index contributed by atoms with van der Waals surface area (Å²) in [6.07, 6.45) is 0.712. The maximum Gasteiger partial charge on any atom is 0.319 e. The number of carbonyl (C=O) groups is 1. The predicted molar refractivity (Wildman–Crippen MR) is 95.6 cm³/mol. The molecule has 0 aliphatic carbocycles. The third-order valence-corrected chi connectivity index (χ3v) is 3.62. The molecule has 0 aliphatic heterocycles. The first-order valence-electron chi connectivity index (χ1n) is 7.84. The third kappa shape index (κ3) is 4.99. The van der Waals surface area contributed by atoms with Gasteiger partial charge in [-0.15, -0.1) is 0 Å². The molecular weight excluding hydrogens is 304 g/mol. The summed E-state index contributed by atoms with van der Waals surface area (Å²) in [7, 11) is 1.63. The van der Waals surface area contributed by atoms with Crippen LogP contribution in [0.4, 0.5) is 10.5 Å². The van der Waals surface area contributed by atoms with Gasteiger partial charge in [0.25, 0.3) is 0 Å². The standard InChI is InChI=1S/C19H24N2O3/c1-19(2,13-22)21-18(23)20-16-9-10-17(24-3)15(12-16)11-14-7-5-4-6-8-14/h4-10,12,22H,11,13H2,1-3H3,(H2,20,21,23). The minimum Gasteiger partial charge on any atom is -0.496 e. The van der Waals surface area contributed by atoms with Gasteiger partial charge in [0.05, 0.1) is 19.3 Å². The Morgan fingerprint density at radius 2 is 1.88 bits per heavy atom. The number of urea groups is 1. The molecule has 2 amide bonds. The summed E-state index contributed by atoms with van der Waals surface area (Å²) in [5, 5.41) is 14.7. The molecule has 3 N–H and O–H groups in total. The largest absolute Gasteiger partial charge is 0.496 e. The number of carbonyl (C=O) groups excluding carboxylic acids is 1. The van der Waals surface area contributed by atoms with E-state index in [0.29, 0.717) is 12.1 Å². The van der Waals surface area contributed by atoms with Crippen molar-refractivity contribution in [2.24, 2.45) is 0 Å². The van der Waals surface area contributed by atoms with Gasteiger partial charge in [0.15, 0.2) is 0 Å². The second-order valence-electron chi connectivity index (χ2n) is 6.31. The first-order valence-corrected chi connectivity index (χ1v) is 7.84. The molecule has 0 radical (unpaired) electrons. The number of benzene rings is 2. The number of methoxy groups -OCH3 is 1. The number of hydrogen-bond donors (Lipinski definition) is 3. The molecule has 5 heteroatoms. The maximum absolute atomic E-state index is 12.0. The van der Waals surface area contributed by atoms with E-state index in [4.69, 9.17) is 4.74 Å². The zero-order valence-corrected chi connectivity index (χ0v) is 14.3. The molecule has 128 valence electrons. The van der Waals surface area contributed by atoms with Gasteiger partial charge in [0.2, 0.25) is 0 Å². The van der Waals surface area contributed by atoms with Gasteiger partial charge in [0, 0.05) is 17.7 Å². The van der Waals surface area contributed by atoms with Crippen molar-refractivity contribution in [3.05, 3.63) is 59.7 Å². The van der Waals surface area contributed by atoms with Gasteiger partial charge in [-0.05, 0) is 37.6 Å². The summed E-state index contributed by atoms with van der Waals surface area (Å²) >= 11 is 0. The van der Waals surface area contributed by atoms with Crippen LogP contribution >= 0.6 is 0 Å². The van der Waals surface area contributed by atoms with Gasteiger partial charge in [-0.3, -0.25) is 0 Å². The van der Waals surface area contributed by atoms with Crippen LogP contribution in [0.25, 0.3) is 0 Å². The molecule has 5 nitrogen and oxygen atoms in total. The van der Waals surface area contributed by atoms with Crippen LogP contribution in [0.15, 0.2) is 48.5 Å². The SMILES string of the molecule is COc1ccc(NC(=O)NC(C)(C)CO)cc1Cc1ccccc1. The van der Waals surface area contributed by atoms with Crippen LogP contribution in [0, 0.1) is 0 Å². The Morgan fingerprint density at radius 3 is 2.50 bits per heavy atom. The lowest BCUT2D eigenvalue weighted by molar-refractivity contribution is 0.187. The smallest absolute Gasteiger partial charge is 0.319 e. The van der Waals surface area contributed by atoms with Crippen molar-refractivity contribution >= 4 is 11.7 Å². The van der Waals surface area contributed by atoms with Crippen molar-refractivity contribution in [1.82, 2.24) is 5.32 Å². The molecule has 2 aromatic carbocycles. The molecule has 0 unspecified atom stereocenters. The molecule has 0 fully saturated rings. The van der Waals surface area contributed by atoms with Gasteiger partial charge in [-0.25, -0.2) is 4.79 Å². The van der Waals surface area contributed by atoms with Gasteiger partial charge in [-0.2, -0.15) is 0 Å². The Balaban J connectivity index is 2.14. The fraction of sp³-hybridized carbons (Fsp3) is 0.316. The lowest BCUT2D eigenvalue weighted by atomic mass is 10.0. The van der Waals surface area contributed by atoms with Crippen molar-refractivity contribution in [2.75, 3.05) is 19.0 Å². The quantitative estimate of drug-likeness (QED) is 0.763. The highest BCUT2D eigenvalue weighted by atomic mass is 16.5. The molecular formula is C19H24N2O3. The highest BCUT2D eigenvalue weighted by Crippen LogP contribution is 2.25. The Kier molecular flexibility index (Phi) is 5.82. The van der Waals surface area contributed by atoms with Crippen molar-refractivity contribution in [3.63, 3.8) is 0 Å². The minimum absolute atomic E-state index is 0.137. The van der Waals surface area contributed by atoms with Crippen LogP contribution in [0.2, 0.25) is 0 Å². The van der Waals surface area contributed by atoms with Gasteiger partial charge < -0.3 is 20.5 Å². The first kappa shape index (κ1) is 17.8. The van der Waals surface area contributed by atoms with Crippen LogP contribution in [0.1, 0.15) is 25.0 Å². The molecule has 0 aliphatic rings. The molecule has 0 spiro atoms. The van der Waals surface area contributed by atoms with Crippen LogP contribution < -0.4 is 15.4 Å². The van der Waals surface area contributed by atoms with Crippen LogP contribution in [0.3, 0.4) is 0 Å². The van der Waals surface area contributed by atoms with E-state index in [9.17, 15) is 9.90 Å². The van der Waals surface area contributed by atoms with E-state index in [1.807, 2.05) is 30.3 Å². The summed E-state index contributed by atoms with van der Waals surface area (Å²) < 4.78 is 5.41. The number of ether oxygens (including phenoxy) is 1. The third-order valence-electron chi connectivity index (χ3n) is 3.62. The van der Waals surface area contributed by atoms with Crippen molar-refractivity contribution in [3.8, 4) is 5.75 Å². The zero-order valence-electron chi connectivity index (χ0n) is 14.3. The monoisotopic (exact) mass is 328 g/mol. The van der Waals surface area contributed by atoms with Gasteiger partial charge in [0.1, 0.15) is 5.75 Å². The van der Waals surface area contributed by atoms with Crippen LogP contribution in [0.5, 0.6) is 5.75 Å². The number of anilines is 1. The highest BCUT2D eigenvalue weighted by Gasteiger charge is 2.19. The van der Waals surface area contributed by atoms with Crippen molar-refractivity contribution in [1.29, 1.82) is 0 Å². The fourth-order valence-corrected chi connectivity index (χ4v) is 2.32. The van der Waals surface area contributed by atoms with Crippen molar-refractivity contribution in [2.45, 2.75) is 25.8 Å². The summed E-state index contributed by atoms with van der Waals surface area (Å²) in [5.41, 5.74) is 2.15. The molecule has 0 saturated carbocycles. The van der Waals surface area contributed by atoms with Gasteiger partial charge in [-0.1, -0.05) is 30.3 Å². The zero-order chi connectivity index (χ0) is 17.6. The second-order valence-corrected chi connectivity index (χ2v) is 6.31. The number of rotatable bonds is 6. The summed E-state index contributed by atoms with van der Waals surface area (Å²) in [5.74, 6) is 0.778. The van der Waals surface area contributed by atoms with E-state index in [1.165, 1.54) is 5.56 Å². The van der Waals surface area contributed by atoms with E-state index >= 15 is 0 Å². The number of nitrogens with one attached hydrogen (secondary N) is 2. The molecule has 0 saturated heterocycles. The Labute approximate surface area is 142 Å². The van der Waals surface area contributed by atoms with Crippen LogP contribution in [-0.4, -0.2) is 30.4 Å². The normalized spacial score (nSPS) is 11.0. The Morgan fingerprint density at radius 1 is 1.17 bits per heavy atom. The maximum atomic E-state index is 12.0. The topological polar surface area (TPSA) is 70.6 Å². The van der Waals surface area contributed by atoms with E-state index in [-0.39, 0.29) is 12.6 Å². The number of aliphatic hydroxyl groups excluding tert-OH is 1. The van der Waals surface area contributed by atoms with E-state index in [2.05, 4.69) is 22.8 Å². The molecule has 0 atom stereocenters. The van der Waals surface area contributed by atoms with Crippen molar-refractivity contribution < 1.29 is 14.6 Å². The summed E-state index contributed by atoms with van der Waals surface area (Å²) in [6.45, 7) is 3.37. The molecule has 0 heterocycles. The molecule has 2 aromatic rings. The fourth-order valence-electron chi connectivity index (χ4n) is 2.32. The highest BCUT2D eigenvalue weighted by molar-refractivity contribution is 5.90. The Hall–Kier alpha value is -2.53. The van der Waals surface area contributed by atoms with E-state index in [1.54, 1.807) is 27.0 Å². The molecule has 2 rings (SSSR count). The number of aliphatic hydroxyl groups is 1. The lowest BCUT2D eigenvalue weighted by Crippen LogP contribution is -2.48. The average molecular weight is 328 g/mol. The van der Waals surface area contributed by atoms with E-state index < -0.39 is 5.54 Å². The second kappa shape index (κ2) is 7.84. The summed E-state index contributed by atoms with van der Waals surface area (Å²) in [4.78, 5) is 12.0. The molecule has 0 aromatic heterocycles. The minimum atomic E-state index is -0.677. The number of amides is 2. The predicted octanol–water partition coefficient (Wildman–Crippen LogP) is 3.18. The van der Waals surface area contributed by atoms with E-state index in [0.717, 1.165) is 11.3 Å². The molecule has 24 heavy (non-hydrogen) atoms. The summed E-state index contributed by atoms with van der Waals surface area (Å²) in [6, 6.07) is 15.2. The molecule has 0 bridgehead atoms. The van der Waals surface area contributed by atoms with Crippen LogP contribution in [-0.2, 0) is 6.42 Å².